The number of aliphatic hydroxyl groups is 1. The molecule has 112 valence electrons. The zero-order chi connectivity index (χ0) is 14.8. The summed E-state index contributed by atoms with van der Waals surface area (Å²) in [6.07, 6.45) is -0.314. The van der Waals surface area contributed by atoms with Crippen molar-refractivity contribution in [2.45, 2.75) is 44.4 Å². The highest BCUT2D eigenvalue weighted by molar-refractivity contribution is 5.26. The molecule has 0 bridgehead atoms. The van der Waals surface area contributed by atoms with E-state index in [9.17, 15) is 18.3 Å². The average molecular weight is 289 g/mol. The summed E-state index contributed by atoms with van der Waals surface area (Å²) in [7, 11) is 0. The Morgan fingerprint density at radius 3 is 2.65 bits per heavy atom. The molecule has 0 atom stereocenters. The van der Waals surface area contributed by atoms with Gasteiger partial charge in [-0.25, -0.2) is 9.97 Å². The topological polar surface area (TPSA) is 58.0 Å². The summed E-state index contributed by atoms with van der Waals surface area (Å²) >= 11 is 0. The lowest BCUT2D eigenvalue weighted by atomic mass is 9.79. The Bertz CT molecular complexity index is 456. The number of hydrogen-bond donors (Lipinski definition) is 2. The Morgan fingerprint density at radius 2 is 2.05 bits per heavy atom. The van der Waals surface area contributed by atoms with E-state index in [2.05, 4.69) is 22.2 Å². The van der Waals surface area contributed by atoms with Crippen molar-refractivity contribution in [1.29, 1.82) is 0 Å². The molecule has 2 N–H and O–H groups in total. The van der Waals surface area contributed by atoms with Gasteiger partial charge in [-0.15, -0.1) is 0 Å². The van der Waals surface area contributed by atoms with Crippen LogP contribution in [0.4, 0.5) is 19.1 Å². The van der Waals surface area contributed by atoms with Crippen molar-refractivity contribution in [2.75, 3.05) is 11.9 Å². The van der Waals surface area contributed by atoms with E-state index in [0.717, 1.165) is 25.1 Å². The van der Waals surface area contributed by atoms with Crippen LogP contribution in [0.1, 0.15) is 38.3 Å². The van der Waals surface area contributed by atoms with Gasteiger partial charge in [0.1, 0.15) is 5.69 Å². The molecule has 1 aliphatic rings. The summed E-state index contributed by atoms with van der Waals surface area (Å²) in [4.78, 5) is 7.17. The second-order valence-electron chi connectivity index (χ2n) is 5.52. The molecule has 1 saturated carbocycles. The van der Waals surface area contributed by atoms with E-state index < -0.39 is 17.5 Å². The molecule has 2 rings (SSSR count). The number of alkyl halides is 3. The number of aromatic nitrogens is 2. The molecule has 20 heavy (non-hydrogen) atoms. The van der Waals surface area contributed by atoms with Crippen molar-refractivity contribution in [3.05, 3.63) is 18.0 Å². The largest absolute Gasteiger partial charge is 0.433 e. The molecule has 0 aliphatic heterocycles. The van der Waals surface area contributed by atoms with Crippen molar-refractivity contribution in [2.24, 2.45) is 5.92 Å². The molecule has 4 nitrogen and oxygen atoms in total. The first-order chi connectivity index (χ1) is 9.28. The Labute approximate surface area is 115 Å². The number of anilines is 1. The fraction of sp³-hybridized carbons (Fsp3) is 0.692. The van der Waals surface area contributed by atoms with Gasteiger partial charge in [0.25, 0.3) is 0 Å². The van der Waals surface area contributed by atoms with E-state index >= 15 is 0 Å². The molecule has 0 radical (unpaired) electrons. The fourth-order valence-electron chi connectivity index (χ4n) is 2.32. The summed E-state index contributed by atoms with van der Waals surface area (Å²) in [6, 6.07) is 0.822. The van der Waals surface area contributed by atoms with Crippen molar-refractivity contribution >= 4 is 5.95 Å². The second-order valence-corrected chi connectivity index (χ2v) is 5.52. The standard InChI is InChI=1S/C13H18F3N3O/c1-9-2-5-12(20,6-3-9)8-18-11-17-7-4-10(19-11)13(14,15)16/h4,7,9,20H,2-3,5-6,8H2,1H3,(H,17,18,19). The molecule has 1 aromatic heterocycles. The molecule has 7 heteroatoms. The van der Waals surface area contributed by atoms with E-state index in [4.69, 9.17) is 0 Å². The quantitative estimate of drug-likeness (QED) is 0.898. The maximum Gasteiger partial charge on any atom is 0.433 e. The predicted octanol–water partition coefficient (Wildman–Crippen LogP) is 2.85. The van der Waals surface area contributed by atoms with Crippen molar-refractivity contribution in [3.8, 4) is 0 Å². The predicted molar refractivity (Wildman–Crippen MR) is 68.1 cm³/mol. The lowest BCUT2D eigenvalue weighted by Crippen LogP contribution is -2.40. The van der Waals surface area contributed by atoms with E-state index in [-0.39, 0.29) is 12.5 Å². The number of halogens is 3. The smallest absolute Gasteiger partial charge is 0.388 e. The van der Waals surface area contributed by atoms with Crippen molar-refractivity contribution in [3.63, 3.8) is 0 Å². The summed E-state index contributed by atoms with van der Waals surface area (Å²) < 4.78 is 37.5. The lowest BCUT2D eigenvalue weighted by Gasteiger charge is -2.34. The van der Waals surface area contributed by atoms with Gasteiger partial charge < -0.3 is 10.4 Å². The molecule has 0 saturated heterocycles. The summed E-state index contributed by atoms with van der Waals surface area (Å²) in [6.45, 7) is 2.30. The maximum atomic E-state index is 12.5. The Balaban J connectivity index is 1.97. The van der Waals surface area contributed by atoms with Gasteiger partial charge >= 0.3 is 6.18 Å². The van der Waals surface area contributed by atoms with Gasteiger partial charge in [0.2, 0.25) is 5.95 Å². The van der Waals surface area contributed by atoms with Crippen LogP contribution >= 0.6 is 0 Å². The Hall–Kier alpha value is -1.37. The minimum atomic E-state index is -4.49. The van der Waals surface area contributed by atoms with Gasteiger partial charge in [0.05, 0.1) is 5.60 Å². The minimum Gasteiger partial charge on any atom is -0.388 e. The zero-order valence-corrected chi connectivity index (χ0v) is 11.2. The molecule has 1 heterocycles. The number of nitrogens with zero attached hydrogens (tertiary/aromatic N) is 2. The van der Waals surface area contributed by atoms with Crippen LogP contribution in [0.15, 0.2) is 12.3 Å². The molecule has 1 aliphatic carbocycles. The third kappa shape index (κ3) is 3.82. The SMILES string of the molecule is CC1CCC(O)(CNc2nccc(C(F)(F)F)n2)CC1. The van der Waals surface area contributed by atoms with Gasteiger partial charge in [-0.1, -0.05) is 6.92 Å². The highest BCUT2D eigenvalue weighted by Gasteiger charge is 2.34. The van der Waals surface area contributed by atoms with Crippen LogP contribution < -0.4 is 5.32 Å². The van der Waals surface area contributed by atoms with Crippen LogP contribution in [0.5, 0.6) is 0 Å². The molecular formula is C13H18F3N3O. The normalized spacial score (nSPS) is 27.4. The van der Waals surface area contributed by atoms with E-state index in [1.165, 1.54) is 0 Å². The number of hydrogen-bond acceptors (Lipinski definition) is 4. The van der Waals surface area contributed by atoms with E-state index in [1.807, 2.05) is 0 Å². The molecule has 0 spiro atoms. The Kier molecular flexibility index (Phi) is 4.17. The number of nitrogens with one attached hydrogen (secondary N) is 1. The first-order valence-corrected chi connectivity index (χ1v) is 6.65. The lowest BCUT2D eigenvalue weighted by molar-refractivity contribution is -0.141. The molecule has 1 aromatic rings. The number of rotatable bonds is 3. The highest BCUT2D eigenvalue weighted by Crippen LogP contribution is 2.32. The highest BCUT2D eigenvalue weighted by atomic mass is 19.4. The van der Waals surface area contributed by atoms with Crippen LogP contribution in [0, 0.1) is 5.92 Å². The molecular weight excluding hydrogens is 271 g/mol. The van der Waals surface area contributed by atoms with Gasteiger partial charge in [-0.3, -0.25) is 0 Å². The average Bonchev–Trinajstić information content (AvgIpc) is 2.40. The minimum absolute atomic E-state index is 0.105. The third-order valence-electron chi connectivity index (χ3n) is 3.73. The van der Waals surface area contributed by atoms with Crippen LogP contribution in [0.2, 0.25) is 0 Å². The molecule has 0 unspecified atom stereocenters. The summed E-state index contributed by atoms with van der Waals surface area (Å²) in [5.41, 5.74) is -1.87. The fourth-order valence-corrected chi connectivity index (χ4v) is 2.32. The first-order valence-electron chi connectivity index (χ1n) is 6.65. The van der Waals surface area contributed by atoms with Crippen molar-refractivity contribution < 1.29 is 18.3 Å². The van der Waals surface area contributed by atoms with E-state index in [1.54, 1.807) is 0 Å². The van der Waals surface area contributed by atoms with Crippen LogP contribution in [-0.2, 0) is 6.18 Å². The molecule has 0 aromatic carbocycles. The van der Waals surface area contributed by atoms with Crippen LogP contribution in [-0.4, -0.2) is 27.2 Å². The van der Waals surface area contributed by atoms with E-state index in [0.29, 0.717) is 18.8 Å². The van der Waals surface area contributed by atoms with Crippen molar-refractivity contribution in [1.82, 2.24) is 9.97 Å². The second kappa shape index (κ2) is 5.55. The molecule has 1 fully saturated rings. The van der Waals surface area contributed by atoms with Crippen LogP contribution in [0.3, 0.4) is 0 Å². The molecule has 0 amide bonds. The van der Waals surface area contributed by atoms with Gasteiger partial charge in [-0.05, 0) is 37.7 Å². The zero-order valence-electron chi connectivity index (χ0n) is 11.2. The van der Waals surface area contributed by atoms with Gasteiger partial charge in [0, 0.05) is 12.7 Å². The first kappa shape index (κ1) is 15.0. The summed E-state index contributed by atoms with van der Waals surface area (Å²) in [5.74, 6) is 0.479. The van der Waals surface area contributed by atoms with Gasteiger partial charge in [-0.2, -0.15) is 13.2 Å². The monoisotopic (exact) mass is 289 g/mol. The Morgan fingerprint density at radius 1 is 1.40 bits per heavy atom. The maximum absolute atomic E-state index is 12.5. The third-order valence-corrected chi connectivity index (χ3v) is 3.73. The summed E-state index contributed by atoms with van der Waals surface area (Å²) in [5, 5.41) is 13.0. The van der Waals surface area contributed by atoms with Gasteiger partial charge in [0.15, 0.2) is 0 Å². The van der Waals surface area contributed by atoms with Crippen LogP contribution in [0.25, 0.3) is 0 Å².